The van der Waals surface area contributed by atoms with E-state index in [1.807, 2.05) is 6.08 Å². The van der Waals surface area contributed by atoms with Crippen LogP contribution in [0.25, 0.3) is 6.08 Å². The fourth-order valence-corrected chi connectivity index (χ4v) is 3.80. The fourth-order valence-electron chi connectivity index (χ4n) is 2.43. The van der Waals surface area contributed by atoms with Crippen LogP contribution in [-0.2, 0) is 20.7 Å². The number of hydrogen-bond donors (Lipinski definition) is 0. The predicted octanol–water partition coefficient (Wildman–Crippen LogP) is 4.21. The Kier molecular flexibility index (Phi) is 6.05. The van der Waals surface area contributed by atoms with Crippen LogP contribution in [0.1, 0.15) is 31.9 Å². The number of sulfone groups is 1. The molecule has 0 N–H and O–H groups in total. The molecule has 26 heavy (non-hydrogen) atoms. The summed E-state index contributed by atoms with van der Waals surface area (Å²) < 4.78 is 48.4. The first-order valence-corrected chi connectivity index (χ1v) is 13.7. The van der Waals surface area contributed by atoms with E-state index >= 15 is 0 Å². The second kappa shape index (κ2) is 7.44. The lowest BCUT2D eigenvalue weighted by molar-refractivity contribution is 0.317. The van der Waals surface area contributed by atoms with Crippen LogP contribution < -0.4 is 4.74 Å². The summed E-state index contributed by atoms with van der Waals surface area (Å²) in [6.07, 6.45) is 3.64. The van der Waals surface area contributed by atoms with Crippen LogP contribution >= 0.6 is 0 Å². The van der Waals surface area contributed by atoms with Crippen LogP contribution in [0.2, 0.25) is 18.1 Å². The van der Waals surface area contributed by atoms with Crippen molar-refractivity contribution in [1.82, 2.24) is 0 Å². The Balaban J connectivity index is 2.02. The summed E-state index contributed by atoms with van der Waals surface area (Å²) in [5.41, 5.74) is 2.49. The third-order valence-electron chi connectivity index (χ3n) is 5.10. The predicted molar refractivity (Wildman–Crippen MR) is 106 cm³/mol. The van der Waals surface area contributed by atoms with Crippen LogP contribution in [0.4, 0.5) is 4.39 Å². The van der Waals surface area contributed by atoms with Gasteiger partial charge in [0.2, 0.25) is 0 Å². The largest absolute Gasteiger partial charge is 0.492 e. The van der Waals surface area contributed by atoms with E-state index in [0.717, 1.165) is 17.4 Å². The van der Waals surface area contributed by atoms with Gasteiger partial charge in [0, 0.05) is 17.9 Å². The maximum Gasteiger partial charge on any atom is 0.192 e. The van der Waals surface area contributed by atoms with Gasteiger partial charge >= 0.3 is 0 Å². The molecule has 0 heterocycles. The van der Waals surface area contributed by atoms with Gasteiger partial charge in [0.05, 0.1) is 12.4 Å². The van der Waals surface area contributed by atoms with Crippen LogP contribution in [0.5, 0.6) is 5.75 Å². The summed E-state index contributed by atoms with van der Waals surface area (Å²) in [5, 5.41) is 0.130. The van der Waals surface area contributed by atoms with E-state index in [4.69, 9.17) is 9.16 Å². The number of benzene rings is 1. The zero-order valence-electron chi connectivity index (χ0n) is 16.5. The highest BCUT2D eigenvalue weighted by molar-refractivity contribution is 7.90. The van der Waals surface area contributed by atoms with E-state index in [2.05, 4.69) is 33.9 Å². The molecule has 7 heteroatoms. The Hall–Kier alpha value is -1.18. The molecular weight excluding hydrogens is 371 g/mol. The standard InChI is InChI=1S/C19H29FO4SSi/c1-19(2,3)26(5,6)24-13-14-9-15-11-16(12-18(20)17(15)10-14)23-7-8-25(4,21)22/h10-12H,7-9,13H2,1-6H3. The summed E-state index contributed by atoms with van der Waals surface area (Å²) in [7, 11) is -4.95. The van der Waals surface area contributed by atoms with Crippen LogP contribution in [0, 0.1) is 5.82 Å². The number of fused-ring (bicyclic) bond motifs is 1. The summed E-state index contributed by atoms with van der Waals surface area (Å²) in [4.78, 5) is 0. The molecule has 0 bridgehead atoms. The van der Waals surface area contributed by atoms with E-state index in [0.29, 0.717) is 24.3 Å². The van der Waals surface area contributed by atoms with E-state index < -0.39 is 18.2 Å². The van der Waals surface area contributed by atoms with Crippen LogP contribution in [0.15, 0.2) is 17.7 Å². The van der Waals surface area contributed by atoms with E-state index in [9.17, 15) is 12.8 Å². The Morgan fingerprint density at radius 1 is 1.23 bits per heavy atom. The SMILES string of the molecule is CC(C)(C)[Si](C)(C)OCC1=Cc2c(F)cc(OCCS(C)(=O)=O)cc2C1. The van der Waals surface area contributed by atoms with Gasteiger partial charge in [-0.3, -0.25) is 0 Å². The van der Waals surface area contributed by atoms with Gasteiger partial charge in [-0.2, -0.15) is 0 Å². The zero-order valence-corrected chi connectivity index (χ0v) is 18.3. The van der Waals surface area contributed by atoms with Gasteiger partial charge in [0.1, 0.15) is 18.2 Å². The molecule has 1 aromatic rings. The summed E-state index contributed by atoms with van der Waals surface area (Å²) in [5.74, 6) is -0.0701. The van der Waals surface area contributed by atoms with Crippen molar-refractivity contribution in [3.63, 3.8) is 0 Å². The van der Waals surface area contributed by atoms with E-state index in [1.165, 1.54) is 6.07 Å². The third-order valence-corrected chi connectivity index (χ3v) is 10.5. The first kappa shape index (κ1) is 21.1. The number of halogens is 1. The lowest BCUT2D eigenvalue weighted by atomic mass is 10.1. The molecule has 0 spiro atoms. The van der Waals surface area contributed by atoms with Crippen LogP contribution in [-0.4, -0.2) is 42.0 Å². The summed E-state index contributed by atoms with van der Waals surface area (Å²) >= 11 is 0. The van der Waals surface area contributed by atoms with Crippen molar-refractivity contribution >= 4 is 24.2 Å². The van der Waals surface area contributed by atoms with Crippen molar-refractivity contribution in [2.45, 2.75) is 45.3 Å². The molecule has 2 rings (SSSR count). The quantitative estimate of drug-likeness (QED) is 0.644. The van der Waals surface area contributed by atoms with Crippen molar-refractivity contribution in [3.05, 3.63) is 34.6 Å². The second-order valence-electron chi connectivity index (χ2n) is 8.48. The second-order valence-corrected chi connectivity index (χ2v) is 15.6. The summed E-state index contributed by atoms with van der Waals surface area (Å²) in [6, 6.07) is 3.10. The van der Waals surface area contributed by atoms with Gasteiger partial charge in [0.25, 0.3) is 0 Å². The normalized spacial score (nSPS) is 15.0. The zero-order chi connectivity index (χ0) is 19.8. The molecule has 0 amide bonds. The maximum atomic E-state index is 14.4. The summed E-state index contributed by atoms with van der Waals surface area (Å²) in [6.45, 7) is 11.5. The third kappa shape index (κ3) is 5.41. The number of hydrogen-bond acceptors (Lipinski definition) is 4. The molecule has 0 saturated heterocycles. The minimum absolute atomic E-state index is 0.0197. The van der Waals surface area contributed by atoms with E-state index in [1.54, 1.807) is 6.07 Å². The van der Waals surface area contributed by atoms with E-state index in [-0.39, 0.29) is 23.2 Å². The van der Waals surface area contributed by atoms with Gasteiger partial charge in [-0.1, -0.05) is 20.8 Å². The molecule has 0 fully saturated rings. The monoisotopic (exact) mass is 400 g/mol. The highest BCUT2D eigenvalue weighted by atomic mass is 32.2. The fraction of sp³-hybridized carbons (Fsp3) is 0.579. The van der Waals surface area contributed by atoms with Crippen molar-refractivity contribution in [1.29, 1.82) is 0 Å². The Bertz CT molecular complexity index is 808. The molecule has 0 aromatic heterocycles. The van der Waals surface area contributed by atoms with Crippen molar-refractivity contribution in [3.8, 4) is 5.75 Å². The molecule has 0 aliphatic heterocycles. The number of rotatable bonds is 7. The van der Waals surface area contributed by atoms with Crippen molar-refractivity contribution < 1.29 is 22.0 Å². The molecule has 1 aliphatic carbocycles. The molecule has 0 unspecified atom stereocenters. The average molecular weight is 401 g/mol. The molecule has 0 saturated carbocycles. The molecule has 0 radical (unpaired) electrons. The lowest BCUT2D eigenvalue weighted by Gasteiger charge is -2.36. The number of ether oxygens (including phenoxy) is 1. The van der Waals surface area contributed by atoms with Gasteiger partial charge in [-0.25, -0.2) is 12.8 Å². The minimum atomic E-state index is -3.10. The first-order chi connectivity index (χ1) is 11.8. The van der Waals surface area contributed by atoms with Crippen molar-refractivity contribution in [2.24, 2.45) is 0 Å². The maximum absolute atomic E-state index is 14.4. The molecule has 1 aromatic carbocycles. The topological polar surface area (TPSA) is 52.6 Å². The first-order valence-electron chi connectivity index (χ1n) is 8.75. The van der Waals surface area contributed by atoms with Gasteiger partial charge in [-0.15, -0.1) is 0 Å². The van der Waals surface area contributed by atoms with Gasteiger partial charge < -0.3 is 9.16 Å². The smallest absolute Gasteiger partial charge is 0.192 e. The molecular formula is C19H29FO4SSi. The van der Waals surface area contributed by atoms with Gasteiger partial charge in [-0.05, 0) is 47.8 Å². The van der Waals surface area contributed by atoms with Gasteiger partial charge in [0.15, 0.2) is 18.2 Å². The van der Waals surface area contributed by atoms with Crippen LogP contribution in [0.3, 0.4) is 0 Å². The Labute approximate surface area is 157 Å². The molecule has 146 valence electrons. The van der Waals surface area contributed by atoms with Crippen molar-refractivity contribution in [2.75, 3.05) is 25.2 Å². The molecule has 0 atom stereocenters. The Morgan fingerprint density at radius 2 is 1.88 bits per heavy atom. The lowest BCUT2D eigenvalue weighted by Crippen LogP contribution is -2.41. The molecule has 4 nitrogen and oxygen atoms in total. The highest BCUT2D eigenvalue weighted by Crippen LogP contribution is 2.38. The average Bonchev–Trinajstić information content (AvgIpc) is 2.86. The molecule has 1 aliphatic rings. The Morgan fingerprint density at radius 3 is 2.46 bits per heavy atom. The minimum Gasteiger partial charge on any atom is -0.492 e. The highest BCUT2D eigenvalue weighted by Gasteiger charge is 2.37.